The number of nitrogens with one attached hydrogen (secondary N) is 2. The molecule has 0 saturated heterocycles. The Labute approximate surface area is 163 Å². The molecule has 6 heteroatoms. The van der Waals surface area contributed by atoms with Crippen LogP contribution in [0, 0.1) is 11.3 Å². The van der Waals surface area contributed by atoms with Crippen LogP contribution in [0.4, 0.5) is 11.4 Å². The maximum absolute atomic E-state index is 12.4. The normalized spacial score (nSPS) is 10.8. The minimum atomic E-state index is -0.525. The van der Waals surface area contributed by atoms with Crippen LogP contribution >= 0.6 is 0 Å². The summed E-state index contributed by atoms with van der Waals surface area (Å²) in [6.45, 7) is 0. The molecule has 0 fully saturated rings. The number of hydrogen-bond donors (Lipinski definition) is 2. The SMILES string of the molecule is COc1ccc(NC(=O)/C(C#N)=C\Nc2ccc3ccccc3c2)cc1OC. The lowest BCUT2D eigenvalue weighted by Crippen LogP contribution is -2.14. The predicted octanol–water partition coefficient (Wildman–Crippen LogP) is 4.32. The van der Waals surface area contributed by atoms with Crippen molar-refractivity contribution in [3.8, 4) is 17.6 Å². The molecule has 140 valence electrons. The van der Waals surface area contributed by atoms with E-state index < -0.39 is 5.91 Å². The minimum absolute atomic E-state index is 0.0528. The molecule has 0 atom stereocenters. The van der Waals surface area contributed by atoms with Crippen molar-refractivity contribution in [3.05, 3.63) is 72.4 Å². The van der Waals surface area contributed by atoms with Gasteiger partial charge in [-0.1, -0.05) is 30.3 Å². The van der Waals surface area contributed by atoms with Gasteiger partial charge in [0.1, 0.15) is 11.6 Å². The summed E-state index contributed by atoms with van der Waals surface area (Å²) in [5.41, 5.74) is 1.22. The number of anilines is 2. The quantitative estimate of drug-likeness (QED) is 0.497. The van der Waals surface area contributed by atoms with Crippen LogP contribution < -0.4 is 20.1 Å². The Bertz CT molecular complexity index is 1080. The average Bonchev–Trinajstić information content (AvgIpc) is 2.74. The number of hydrogen-bond acceptors (Lipinski definition) is 5. The van der Waals surface area contributed by atoms with E-state index in [-0.39, 0.29) is 5.57 Å². The molecule has 3 aromatic rings. The molecule has 0 aliphatic heterocycles. The van der Waals surface area contributed by atoms with Crippen LogP contribution in [0.1, 0.15) is 0 Å². The molecule has 0 aliphatic rings. The van der Waals surface area contributed by atoms with E-state index in [1.807, 2.05) is 48.5 Å². The van der Waals surface area contributed by atoms with Gasteiger partial charge in [-0.05, 0) is 35.0 Å². The van der Waals surface area contributed by atoms with Gasteiger partial charge in [0.25, 0.3) is 5.91 Å². The lowest BCUT2D eigenvalue weighted by Gasteiger charge is -2.10. The van der Waals surface area contributed by atoms with E-state index in [1.54, 1.807) is 18.2 Å². The number of amides is 1. The zero-order chi connectivity index (χ0) is 19.9. The standard InChI is InChI=1S/C22H19N3O3/c1-27-20-10-9-19(12-21(20)28-2)25-22(26)17(13-23)14-24-18-8-7-15-5-3-4-6-16(15)11-18/h3-12,14,24H,1-2H3,(H,25,26)/b17-14-. The summed E-state index contributed by atoms with van der Waals surface area (Å²) in [7, 11) is 3.04. The average molecular weight is 373 g/mol. The van der Waals surface area contributed by atoms with Crippen molar-refractivity contribution in [2.24, 2.45) is 0 Å². The van der Waals surface area contributed by atoms with Crippen molar-refractivity contribution in [1.82, 2.24) is 0 Å². The topological polar surface area (TPSA) is 83.4 Å². The van der Waals surface area contributed by atoms with Crippen LogP contribution in [0.25, 0.3) is 10.8 Å². The maximum Gasteiger partial charge on any atom is 0.267 e. The molecule has 6 nitrogen and oxygen atoms in total. The third kappa shape index (κ3) is 4.22. The van der Waals surface area contributed by atoms with Gasteiger partial charge in [0.2, 0.25) is 0 Å². The van der Waals surface area contributed by atoms with E-state index in [0.717, 1.165) is 16.5 Å². The van der Waals surface area contributed by atoms with E-state index in [2.05, 4.69) is 10.6 Å². The molecule has 3 aromatic carbocycles. The molecule has 0 bridgehead atoms. The van der Waals surface area contributed by atoms with E-state index in [4.69, 9.17) is 9.47 Å². The number of carbonyl (C=O) groups is 1. The minimum Gasteiger partial charge on any atom is -0.493 e. The van der Waals surface area contributed by atoms with Crippen molar-refractivity contribution in [2.75, 3.05) is 24.9 Å². The molecule has 0 saturated carbocycles. The zero-order valence-electron chi connectivity index (χ0n) is 15.5. The van der Waals surface area contributed by atoms with Crippen LogP contribution in [0.5, 0.6) is 11.5 Å². The third-order valence-electron chi connectivity index (χ3n) is 4.14. The lowest BCUT2D eigenvalue weighted by atomic mass is 10.1. The summed E-state index contributed by atoms with van der Waals surface area (Å²) in [5, 5.41) is 17.2. The van der Waals surface area contributed by atoms with Crippen LogP contribution in [-0.4, -0.2) is 20.1 Å². The van der Waals surface area contributed by atoms with E-state index in [1.165, 1.54) is 20.4 Å². The molecular weight excluding hydrogens is 354 g/mol. The van der Waals surface area contributed by atoms with Gasteiger partial charge in [-0.2, -0.15) is 5.26 Å². The molecule has 0 unspecified atom stereocenters. The second-order valence-electron chi connectivity index (χ2n) is 5.90. The number of ether oxygens (including phenoxy) is 2. The van der Waals surface area contributed by atoms with Gasteiger partial charge in [0, 0.05) is 23.6 Å². The highest BCUT2D eigenvalue weighted by Gasteiger charge is 2.11. The Kier molecular flexibility index (Phi) is 5.78. The number of nitriles is 1. The van der Waals surface area contributed by atoms with Crippen molar-refractivity contribution in [3.63, 3.8) is 0 Å². The van der Waals surface area contributed by atoms with Gasteiger partial charge in [0.15, 0.2) is 11.5 Å². The highest BCUT2D eigenvalue weighted by Crippen LogP contribution is 2.29. The van der Waals surface area contributed by atoms with Gasteiger partial charge >= 0.3 is 0 Å². The van der Waals surface area contributed by atoms with Crippen molar-refractivity contribution >= 4 is 28.1 Å². The first kappa shape index (κ1) is 18.8. The van der Waals surface area contributed by atoms with Crippen LogP contribution in [-0.2, 0) is 4.79 Å². The fourth-order valence-corrected chi connectivity index (χ4v) is 2.70. The Morgan fingerprint density at radius 1 is 0.929 bits per heavy atom. The summed E-state index contributed by atoms with van der Waals surface area (Å²) < 4.78 is 10.4. The second-order valence-corrected chi connectivity index (χ2v) is 5.90. The van der Waals surface area contributed by atoms with Crippen molar-refractivity contribution in [2.45, 2.75) is 0 Å². The van der Waals surface area contributed by atoms with Gasteiger partial charge < -0.3 is 20.1 Å². The smallest absolute Gasteiger partial charge is 0.267 e. The fraction of sp³-hybridized carbons (Fsp3) is 0.0909. The van der Waals surface area contributed by atoms with Crippen molar-refractivity contribution < 1.29 is 14.3 Å². The Morgan fingerprint density at radius 2 is 1.64 bits per heavy atom. The molecule has 3 rings (SSSR count). The van der Waals surface area contributed by atoms with Gasteiger partial charge in [0.05, 0.1) is 14.2 Å². The van der Waals surface area contributed by atoms with Crippen LogP contribution in [0.2, 0.25) is 0 Å². The van der Waals surface area contributed by atoms with Gasteiger partial charge in [-0.15, -0.1) is 0 Å². The molecule has 1 amide bonds. The molecule has 0 spiro atoms. The van der Waals surface area contributed by atoms with Gasteiger partial charge in [-0.3, -0.25) is 4.79 Å². The molecule has 0 aliphatic carbocycles. The monoisotopic (exact) mass is 373 g/mol. The number of rotatable bonds is 6. The summed E-state index contributed by atoms with van der Waals surface area (Å²) in [6.07, 6.45) is 1.39. The number of carbonyl (C=O) groups excluding carboxylic acids is 1. The molecule has 0 aromatic heterocycles. The molecule has 0 heterocycles. The summed E-state index contributed by atoms with van der Waals surface area (Å²) in [4.78, 5) is 12.4. The second kappa shape index (κ2) is 8.60. The van der Waals surface area contributed by atoms with E-state index in [9.17, 15) is 10.1 Å². The Hall–Kier alpha value is -3.98. The van der Waals surface area contributed by atoms with Gasteiger partial charge in [-0.25, -0.2) is 0 Å². The highest BCUT2D eigenvalue weighted by atomic mass is 16.5. The molecular formula is C22H19N3O3. The lowest BCUT2D eigenvalue weighted by molar-refractivity contribution is -0.112. The number of benzene rings is 3. The van der Waals surface area contributed by atoms with E-state index >= 15 is 0 Å². The first-order valence-corrected chi connectivity index (χ1v) is 8.53. The molecule has 2 N–H and O–H groups in total. The molecule has 28 heavy (non-hydrogen) atoms. The number of fused-ring (bicyclic) bond motifs is 1. The summed E-state index contributed by atoms with van der Waals surface area (Å²) in [5.74, 6) is 0.509. The predicted molar refractivity (Wildman–Crippen MR) is 109 cm³/mol. The maximum atomic E-state index is 12.4. The highest BCUT2D eigenvalue weighted by molar-refractivity contribution is 6.06. The molecule has 0 radical (unpaired) electrons. The largest absolute Gasteiger partial charge is 0.493 e. The van der Waals surface area contributed by atoms with E-state index in [0.29, 0.717) is 17.2 Å². The van der Waals surface area contributed by atoms with Crippen LogP contribution in [0.3, 0.4) is 0 Å². The number of methoxy groups -OCH3 is 2. The third-order valence-corrected chi connectivity index (χ3v) is 4.14. The first-order chi connectivity index (χ1) is 13.6. The number of nitrogens with zero attached hydrogens (tertiary/aromatic N) is 1. The summed E-state index contributed by atoms with van der Waals surface area (Å²) in [6, 6.07) is 20.7. The Balaban J connectivity index is 1.74. The summed E-state index contributed by atoms with van der Waals surface area (Å²) >= 11 is 0. The van der Waals surface area contributed by atoms with Crippen molar-refractivity contribution in [1.29, 1.82) is 5.26 Å². The zero-order valence-corrected chi connectivity index (χ0v) is 15.5. The first-order valence-electron chi connectivity index (χ1n) is 8.53. The Morgan fingerprint density at radius 3 is 2.36 bits per heavy atom. The fourth-order valence-electron chi connectivity index (χ4n) is 2.70. The van der Waals surface area contributed by atoms with Crippen LogP contribution in [0.15, 0.2) is 72.4 Å².